The van der Waals surface area contributed by atoms with Crippen LogP contribution in [0.25, 0.3) is 0 Å². The average molecular weight is 258 g/mol. The van der Waals surface area contributed by atoms with Gasteiger partial charge in [-0.2, -0.15) is 4.89 Å². The van der Waals surface area contributed by atoms with E-state index in [1.165, 1.54) is 0 Å². The summed E-state index contributed by atoms with van der Waals surface area (Å²) in [5, 5.41) is 0. The van der Waals surface area contributed by atoms with Crippen LogP contribution >= 0.6 is 0 Å². The Morgan fingerprint density at radius 2 is 1.50 bits per heavy atom. The predicted octanol–water partition coefficient (Wildman–Crippen LogP) is 3.61. The zero-order chi connectivity index (χ0) is 14.2. The molecule has 0 radical (unpaired) electrons. The summed E-state index contributed by atoms with van der Waals surface area (Å²) in [6.45, 7) is 13.5. The van der Waals surface area contributed by atoms with Crippen LogP contribution < -0.4 is 0 Å². The first-order chi connectivity index (χ1) is 8.14. The van der Waals surface area contributed by atoms with Gasteiger partial charge in [-0.05, 0) is 53.9 Å². The van der Waals surface area contributed by atoms with E-state index >= 15 is 0 Å². The lowest BCUT2D eigenvalue weighted by Crippen LogP contribution is -2.23. The SMILES string of the molecule is CCCC(C#COOC(C)(C)C)OOC(C)(C)C. The van der Waals surface area contributed by atoms with Gasteiger partial charge in [0.25, 0.3) is 0 Å². The first-order valence-corrected chi connectivity index (χ1v) is 6.34. The number of rotatable bonds is 5. The maximum Gasteiger partial charge on any atom is 0.160 e. The average Bonchev–Trinajstić information content (AvgIpc) is 2.18. The quantitative estimate of drug-likeness (QED) is 0.429. The maximum absolute atomic E-state index is 5.27. The fourth-order valence-corrected chi connectivity index (χ4v) is 0.845. The van der Waals surface area contributed by atoms with Gasteiger partial charge >= 0.3 is 0 Å². The van der Waals surface area contributed by atoms with E-state index in [0.29, 0.717) is 0 Å². The summed E-state index contributed by atoms with van der Waals surface area (Å²) in [5.41, 5.74) is -0.728. The molecule has 0 heterocycles. The van der Waals surface area contributed by atoms with Crippen molar-refractivity contribution < 1.29 is 19.6 Å². The van der Waals surface area contributed by atoms with Crippen LogP contribution in [-0.4, -0.2) is 17.3 Å². The van der Waals surface area contributed by atoms with E-state index in [2.05, 4.69) is 19.0 Å². The molecule has 0 aliphatic carbocycles. The third-order valence-corrected chi connectivity index (χ3v) is 1.52. The van der Waals surface area contributed by atoms with E-state index in [0.717, 1.165) is 12.8 Å². The fraction of sp³-hybridized carbons (Fsp3) is 0.857. The highest BCUT2D eigenvalue weighted by atomic mass is 17.2. The summed E-state index contributed by atoms with van der Waals surface area (Å²) in [6.07, 6.45) is 3.91. The summed E-state index contributed by atoms with van der Waals surface area (Å²) in [5.74, 6) is 2.82. The zero-order valence-electron chi connectivity index (χ0n) is 12.6. The van der Waals surface area contributed by atoms with Crippen LogP contribution in [0.5, 0.6) is 0 Å². The Balaban J connectivity index is 4.15. The lowest BCUT2D eigenvalue weighted by molar-refractivity contribution is -0.363. The van der Waals surface area contributed by atoms with Crippen molar-refractivity contribution in [2.75, 3.05) is 0 Å². The summed E-state index contributed by atoms with van der Waals surface area (Å²) >= 11 is 0. The molecule has 0 saturated heterocycles. The Hall–Kier alpha value is -0.760. The van der Waals surface area contributed by atoms with Crippen molar-refractivity contribution in [2.45, 2.75) is 78.6 Å². The van der Waals surface area contributed by atoms with Gasteiger partial charge in [0.15, 0.2) is 12.2 Å². The molecule has 0 spiro atoms. The van der Waals surface area contributed by atoms with Crippen LogP contribution in [0.1, 0.15) is 61.3 Å². The Kier molecular flexibility index (Phi) is 7.30. The van der Waals surface area contributed by atoms with Gasteiger partial charge in [0.2, 0.25) is 0 Å². The van der Waals surface area contributed by atoms with Gasteiger partial charge in [-0.25, -0.2) is 9.78 Å². The summed E-state index contributed by atoms with van der Waals surface area (Å²) in [6, 6.07) is 0. The predicted molar refractivity (Wildman–Crippen MR) is 70.3 cm³/mol. The van der Waals surface area contributed by atoms with Gasteiger partial charge in [-0.3, -0.25) is 4.89 Å². The number of hydrogen-bond donors (Lipinski definition) is 0. The molecule has 18 heavy (non-hydrogen) atoms. The summed E-state index contributed by atoms with van der Waals surface area (Å²) in [4.78, 5) is 20.4. The Morgan fingerprint density at radius 3 is 1.94 bits per heavy atom. The first kappa shape index (κ1) is 17.2. The van der Waals surface area contributed by atoms with Crippen molar-refractivity contribution >= 4 is 0 Å². The maximum atomic E-state index is 5.27. The molecule has 4 heteroatoms. The molecule has 0 bridgehead atoms. The van der Waals surface area contributed by atoms with Crippen LogP contribution in [-0.2, 0) is 19.6 Å². The molecule has 0 saturated carbocycles. The van der Waals surface area contributed by atoms with Crippen molar-refractivity contribution in [3.05, 3.63) is 0 Å². The fourth-order valence-electron chi connectivity index (χ4n) is 0.845. The van der Waals surface area contributed by atoms with Gasteiger partial charge in [0.1, 0.15) is 5.60 Å². The highest BCUT2D eigenvalue weighted by molar-refractivity contribution is 4.98. The van der Waals surface area contributed by atoms with Crippen molar-refractivity contribution in [3.8, 4) is 12.0 Å². The first-order valence-electron chi connectivity index (χ1n) is 6.34. The largest absolute Gasteiger partial charge is 0.282 e. The molecular formula is C14H26O4. The Morgan fingerprint density at radius 1 is 0.944 bits per heavy atom. The van der Waals surface area contributed by atoms with Crippen LogP contribution in [0.4, 0.5) is 0 Å². The molecule has 0 aliphatic rings. The molecule has 0 aromatic carbocycles. The minimum absolute atomic E-state index is 0.308. The van der Waals surface area contributed by atoms with E-state index in [9.17, 15) is 0 Å². The number of hydrogen-bond acceptors (Lipinski definition) is 4. The Labute approximate surface area is 111 Å². The van der Waals surface area contributed by atoms with E-state index in [1.54, 1.807) is 0 Å². The van der Waals surface area contributed by atoms with E-state index in [-0.39, 0.29) is 17.3 Å². The van der Waals surface area contributed by atoms with Gasteiger partial charge < -0.3 is 0 Å². The van der Waals surface area contributed by atoms with Gasteiger partial charge in [-0.15, -0.1) is 0 Å². The molecule has 0 rings (SSSR count). The molecule has 1 unspecified atom stereocenters. The third kappa shape index (κ3) is 11.7. The van der Waals surface area contributed by atoms with Crippen molar-refractivity contribution in [3.63, 3.8) is 0 Å². The van der Waals surface area contributed by atoms with Crippen molar-refractivity contribution in [1.82, 2.24) is 0 Å². The summed E-state index contributed by atoms with van der Waals surface area (Å²) < 4.78 is 0. The normalized spacial score (nSPS) is 13.7. The second-order valence-electron chi connectivity index (χ2n) is 6.09. The van der Waals surface area contributed by atoms with E-state index in [4.69, 9.17) is 19.6 Å². The van der Waals surface area contributed by atoms with Crippen LogP contribution in [0, 0.1) is 12.0 Å². The second-order valence-corrected chi connectivity index (χ2v) is 6.09. The van der Waals surface area contributed by atoms with Crippen LogP contribution in [0.2, 0.25) is 0 Å². The lowest BCUT2D eigenvalue weighted by atomic mass is 10.2. The lowest BCUT2D eigenvalue weighted by Gasteiger charge is -2.20. The topological polar surface area (TPSA) is 36.9 Å². The highest BCUT2D eigenvalue weighted by Gasteiger charge is 2.15. The molecule has 106 valence electrons. The van der Waals surface area contributed by atoms with Gasteiger partial charge in [0, 0.05) is 0 Å². The van der Waals surface area contributed by atoms with Crippen molar-refractivity contribution in [2.24, 2.45) is 0 Å². The zero-order valence-corrected chi connectivity index (χ0v) is 12.6. The standard InChI is InChI=1S/C14H26O4/c1-8-9-12(16-18-14(5,6)7)10-11-15-17-13(2,3)4/h12H,8-9H2,1-7H3. The molecule has 1 atom stereocenters. The van der Waals surface area contributed by atoms with Crippen LogP contribution in [0.3, 0.4) is 0 Å². The van der Waals surface area contributed by atoms with E-state index in [1.807, 2.05) is 41.5 Å². The van der Waals surface area contributed by atoms with Gasteiger partial charge in [-0.1, -0.05) is 13.3 Å². The molecule has 0 aliphatic heterocycles. The highest BCUT2D eigenvalue weighted by Crippen LogP contribution is 2.11. The molecule has 0 N–H and O–H groups in total. The molecule has 0 aromatic rings. The molecule has 0 amide bonds. The Bertz CT molecular complexity index is 275. The minimum Gasteiger partial charge on any atom is -0.282 e. The second kappa shape index (κ2) is 7.63. The smallest absolute Gasteiger partial charge is 0.160 e. The summed E-state index contributed by atoms with van der Waals surface area (Å²) in [7, 11) is 0. The van der Waals surface area contributed by atoms with Crippen molar-refractivity contribution in [1.29, 1.82) is 0 Å². The third-order valence-electron chi connectivity index (χ3n) is 1.52. The minimum atomic E-state index is -0.377. The molecule has 0 fully saturated rings. The monoisotopic (exact) mass is 258 g/mol. The van der Waals surface area contributed by atoms with E-state index < -0.39 is 0 Å². The molecule has 0 aromatic heterocycles. The molecule has 4 nitrogen and oxygen atoms in total. The van der Waals surface area contributed by atoms with Gasteiger partial charge in [0.05, 0.1) is 5.60 Å². The molecular weight excluding hydrogens is 232 g/mol. The van der Waals surface area contributed by atoms with Crippen LogP contribution in [0.15, 0.2) is 0 Å².